The molecule has 0 saturated carbocycles. The van der Waals surface area contributed by atoms with Gasteiger partial charge in [0, 0.05) is 5.56 Å². The molecule has 3 aromatic rings. The fourth-order valence-corrected chi connectivity index (χ4v) is 3.40. The van der Waals surface area contributed by atoms with Crippen LogP contribution in [0.4, 0.5) is 8.78 Å². The fraction of sp³-hybridized carbons (Fsp3) is 0.308. The highest BCUT2D eigenvalue weighted by molar-refractivity contribution is 5.71. The summed E-state index contributed by atoms with van der Waals surface area (Å²) in [6.07, 6.45) is 6.74. The highest BCUT2D eigenvalue weighted by Crippen LogP contribution is 2.31. The lowest BCUT2D eigenvalue weighted by Gasteiger charge is -2.11. The summed E-state index contributed by atoms with van der Waals surface area (Å²) in [5.41, 5.74) is 3.01. The normalized spacial score (nSPS) is 10.9. The molecule has 0 radical (unpaired) electrons. The van der Waals surface area contributed by atoms with E-state index in [1.165, 1.54) is 25.3 Å². The quantitative estimate of drug-likeness (QED) is 0.316. The zero-order valence-electron chi connectivity index (χ0n) is 17.0. The van der Waals surface area contributed by atoms with Crippen LogP contribution in [-0.2, 0) is 0 Å². The van der Waals surface area contributed by atoms with Gasteiger partial charge in [0.25, 0.3) is 0 Å². The smallest absolute Gasteiger partial charge is 0.201 e. The summed E-state index contributed by atoms with van der Waals surface area (Å²) in [6.45, 7) is 2.59. The number of hydrogen-bond donors (Lipinski definition) is 0. The van der Waals surface area contributed by atoms with E-state index >= 15 is 0 Å². The molecule has 1 nitrogen and oxygen atoms in total. The van der Waals surface area contributed by atoms with Gasteiger partial charge in [0.15, 0.2) is 11.6 Å². The van der Waals surface area contributed by atoms with Crippen molar-refractivity contribution in [2.24, 2.45) is 0 Å². The van der Waals surface area contributed by atoms with E-state index in [0.29, 0.717) is 12.2 Å². The molecular formula is C26H28F2O. The first-order valence-electron chi connectivity index (χ1n) is 10.5. The summed E-state index contributed by atoms with van der Waals surface area (Å²) >= 11 is 0. The topological polar surface area (TPSA) is 9.23 Å². The zero-order valence-corrected chi connectivity index (χ0v) is 17.0. The fourth-order valence-electron chi connectivity index (χ4n) is 3.40. The SMILES string of the molecule is CCCCCCCCOc1ccc(-c2ccc(-c3ccccc3)cc2)c(F)c1F. The van der Waals surface area contributed by atoms with E-state index in [2.05, 4.69) is 6.92 Å². The van der Waals surface area contributed by atoms with Crippen molar-refractivity contribution in [3.05, 3.63) is 78.4 Å². The van der Waals surface area contributed by atoms with Crippen LogP contribution >= 0.6 is 0 Å². The second kappa shape index (κ2) is 10.8. The number of benzene rings is 3. The van der Waals surface area contributed by atoms with Gasteiger partial charge < -0.3 is 4.74 Å². The molecule has 0 fully saturated rings. The van der Waals surface area contributed by atoms with Crippen LogP contribution in [-0.4, -0.2) is 6.61 Å². The van der Waals surface area contributed by atoms with Gasteiger partial charge in [0.05, 0.1) is 6.61 Å². The van der Waals surface area contributed by atoms with Crippen molar-refractivity contribution in [1.82, 2.24) is 0 Å². The first kappa shape index (κ1) is 21.0. The van der Waals surface area contributed by atoms with Gasteiger partial charge in [0.1, 0.15) is 0 Å². The van der Waals surface area contributed by atoms with E-state index in [9.17, 15) is 8.78 Å². The molecule has 0 bridgehead atoms. The number of hydrogen-bond acceptors (Lipinski definition) is 1. The molecule has 0 saturated heterocycles. The Morgan fingerprint density at radius 1 is 0.621 bits per heavy atom. The Morgan fingerprint density at radius 2 is 1.24 bits per heavy atom. The summed E-state index contributed by atoms with van der Waals surface area (Å²) in [4.78, 5) is 0. The van der Waals surface area contributed by atoms with E-state index in [1.807, 2.05) is 54.6 Å². The molecule has 0 atom stereocenters. The number of unbranched alkanes of at least 4 members (excludes halogenated alkanes) is 5. The van der Waals surface area contributed by atoms with E-state index in [4.69, 9.17) is 4.74 Å². The van der Waals surface area contributed by atoms with Crippen LogP contribution in [0.5, 0.6) is 5.75 Å². The third-order valence-corrected chi connectivity index (χ3v) is 5.11. The number of ether oxygens (including phenoxy) is 1. The maximum Gasteiger partial charge on any atom is 0.201 e. The Bertz CT molecular complexity index is 889. The summed E-state index contributed by atoms with van der Waals surface area (Å²) in [7, 11) is 0. The van der Waals surface area contributed by atoms with Crippen LogP contribution in [0.15, 0.2) is 66.7 Å². The lowest BCUT2D eigenvalue weighted by Crippen LogP contribution is -2.01. The standard InChI is InChI=1S/C26H28F2O/c1-2-3-4-5-6-10-19-29-24-18-17-23(25(27)26(24)28)22-15-13-21(14-16-22)20-11-8-7-9-12-20/h7-9,11-18H,2-6,10,19H2,1H3. The molecule has 3 aromatic carbocycles. The van der Waals surface area contributed by atoms with Crippen LogP contribution in [0.2, 0.25) is 0 Å². The predicted molar refractivity (Wildman–Crippen MR) is 116 cm³/mol. The molecule has 0 aromatic heterocycles. The van der Waals surface area contributed by atoms with Crippen molar-refractivity contribution >= 4 is 0 Å². The summed E-state index contributed by atoms with van der Waals surface area (Å²) < 4.78 is 34.6. The van der Waals surface area contributed by atoms with Gasteiger partial charge in [-0.2, -0.15) is 4.39 Å². The van der Waals surface area contributed by atoms with E-state index < -0.39 is 11.6 Å². The van der Waals surface area contributed by atoms with Crippen molar-refractivity contribution in [3.8, 4) is 28.0 Å². The van der Waals surface area contributed by atoms with Gasteiger partial charge in [-0.3, -0.25) is 0 Å². The van der Waals surface area contributed by atoms with Gasteiger partial charge in [-0.05, 0) is 35.2 Å². The van der Waals surface area contributed by atoms with Crippen molar-refractivity contribution < 1.29 is 13.5 Å². The third kappa shape index (κ3) is 5.66. The largest absolute Gasteiger partial charge is 0.490 e. The molecule has 0 aliphatic rings. The first-order chi connectivity index (χ1) is 14.2. The third-order valence-electron chi connectivity index (χ3n) is 5.11. The molecular weight excluding hydrogens is 366 g/mol. The molecule has 0 heterocycles. The van der Waals surface area contributed by atoms with Crippen LogP contribution in [0, 0.1) is 11.6 Å². The van der Waals surface area contributed by atoms with Gasteiger partial charge in [-0.25, -0.2) is 4.39 Å². The van der Waals surface area contributed by atoms with Crippen LogP contribution in [0.3, 0.4) is 0 Å². The van der Waals surface area contributed by atoms with Gasteiger partial charge in [-0.1, -0.05) is 93.6 Å². The summed E-state index contributed by atoms with van der Waals surface area (Å²) in [6, 6.07) is 20.5. The van der Waals surface area contributed by atoms with Gasteiger partial charge in [0.2, 0.25) is 5.82 Å². The van der Waals surface area contributed by atoms with Crippen molar-refractivity contribution in [2.45, 2.75) is 45.4 Å². The molecule has 152 valence electrons. The maximum atomic E-state index is 14.6. The monoisotopic (exact) mass is 394 g/mol. The maximum absolute atomic E-state index is 14.6. The molecule has 3 heteroatoms. The van der Waals surface area contributed by atoms with E-state index in [1.54, 1.807) is 6.07 Å². The molecule has 0 aliphatic carbocycles. The second-order valence-electron chi connectivity index (χ2n) is 7.30. The average Bonchev–Trinajstić information content (AvgIpc) is 2.77. The molecule has 0 N–H and O–H groups in total. The Hall–Kier alpha value is -2.68. The van der Waals surface area contributed by atoms with Crippen LogP contribution < -0.4 is 4.74 Å². The van der Waals surface area contributed by atoms with Crippen molar-refractivity contribution in [1.29, 1.82) is 0 Å². The lowest BCUT2D eigenvalue weighted by atomic mass is 10.00. The molecule has 0 amide bonds. The molecule has 0 unspecified atom stereocenters. The second-order valence-corrected chi connectivity index (χ2v) is 7.30. The molecule has 0 aliphatic heterocycles. The summed E-state index contributed by atoms with van der Waals surface area (Å²) in [5.74, 6) is -1.79. The van der Waals surface area contributed by atoms with Crippen LogP contribution in [0.1, 0.15) is 45.4 Å². The highest BCUT2D eigenvalue weighted by Gasteiger charge is 2.16. The Balaban J connectivity index is 1.63. The van der Waals surface area contributed by atoms with Gasteiger partial charge >= 0.3 is 0 Å². The zero-order chi connectivity index (χ0) is 20.5. The molecule has 29 heavy (non-hydrogen) atoms. The van der Waals surface area contributed by atoms with Crippen LogP contribution in [0.25, 0.3) is 22.3 Å². The van der Waals surface area contributed by atoms with E-state index in [-0.39, 0.29) is 11.3 Å². The molecule has 0 spiro atoms. The molecule has 3 rings (SSSR count). The van der Waals surface area contributed by atoms with E-state index in [0.717, 1.165) is 30.4 Å². The number of halogens is 2. The minimum atomic E-state index is -0.916. The Labute approximate surface area is 172 Å². The minimum absolute atomic E-state index is 0.0132. The van der Waals surface area contributed by atoms with Crippen molar-refractivity contribution in [2.75, 3.05) is 6.61 Å². The predicted octanol–water partition coefficient (Wildman–Crippen LogP) is 8.04. The summed E-state index contributed by atoms with van der Waals surface area (Å²) in [5, 5.41) is 0. The van der Waals surface area contributed by atoms with Gasteiger partial charge in [-0.15, -0.1) is 0 Å². The number of rotatable bonds is 10. The van der Waals surface area contributed by atoms with Crippen molar-refractivity contribution in [3.63, 3.8) is 0 Å². The first-order valence-corrected chi connectivity index (χ1v) is 10.5. The lowest BCUT2D eigenvalue weighted by molar-refractivity contribution is 0.285. The Morgan fingerprint density at radius 3 is 1.97 bits per heavy atom. The average molecular weight is 395 g/mol. The highest BCUT2D eigenvalue weighted by atomic mass is 19.2. The Kier molecular flexibility index (Phi) is 7.80. The minimum Gasteiger partial charge on any atom is -0.490 e.